The number of β-amino-alcohol motifs (C(OH)–C–C–N with tert-alkyl or cyclic N) is 1. The van der Waals surface area contributed by atoms with Crippen LogP contribution in [0.25, 0.3) is 0 Å². The van der Waals surface area contributed by atoms with Crippen molar-refractivity contribution < 1.29 is 9.90 Å². The van der Waals surface area contributed by atoms with E-state index in [1.54, 1.807) is 0 Å². The molecule has 1 N–H and O–H groups in total. The minimum Gasteiger partial charge on any atom is -0.395 e. The van der Waals surface area contributed by atoms with Gasteiger partial charge in [0.2, 0.25) is 5.91 Å². The molecule has 1 aromatic heterocycles. The lowest BCUT2D eigenvalue weighted by Gasteiger charge is -2.48. The number of aliphatic hydroxyl groups excluding tert-OH is 1. The van der Waals surface area contributed by atoms with Crippen LogP contribution in [0.15, 0.2) is 12.4 Å². The fraction of sp³-hybridized carbons (Fsp3) is 0.737. The fourth-order valence-electron chi connectivity index (χ4n) is 4.21. The predicted octanol–water partition coefficient (Wildman–Crippen LogP) is 1.80. The van der Waals surface area contributed by atoms with Crippen LogP contribution in [0.3, 0.4) is 0 Å². The van der Waals surface area contributed by atoms with Gasteiger partial charge in [0.05, 0.1) is 6.61 Å². The Morgan fingerprint density at radius 1 is 1.24 bits per heavy atom. The number of rotatable bonds is 5. The van der Waals surface area contributed by atoms with Gasteiger partial charge in [0.15, 0.2) is 0 Å². The first-order valence-corrected chi connectivity index (χ1v) is 9.43. The molecule has 0 bridgehead atoms. The Bertz CT molecular complexity index is 590. The average Bonchev–Trinajstić information content (AvgIpc) is 2.59. The van der Waals surface area contributed by atoms with Crippen LogP contribution in [0.1, 0.15) is 56.8 Å². The van der Waals surface area contributed by atoms with Crippen LogP contribution in [-0.2, 0) is 11.3 Å². The lowest BCUT2D eigenvalue weighted by atomic mass is 9.73. The molecule has 2 saturated heterocycles. The summed E-state index contributed by atoms with van der Waals surface area (Å²) in [5.74, 6) is 1.43. The lowest BCUT2D eigenvalue weighted by molar-refractivity contribution is -0.140. The molecule has 2 aliphatic rings. The Morgan fingerprint density at radius 3 is 2.68 bits per heavy atom. The summed E-state index contributed by atoms with van der Waals surface area (Å²) in [7, 11) is 0. The zero-order valence-corrected chi connectivity index (χ0v) is 15.4. The second kappa shape index (κ2) is 7.79. The Labute approximate surface area is 150 Å². The van der Waals surface area contributed by atoms with Crippen molar-refractivity contribution in [1.82, 2.24) is 19.8 Å². The quantitative estimate of drug-likeness (QED) is 0.880. The third-order valence-corrected chi connectivity index (χ3v) is 5.51. The van der Waals surface area contributed by atoms with Gasteiger partial charge < -0.3 is 10.0 Å². The molecule has 0 aromatic carbocycles. The maximum Gasteiger partial charge on any atom is 0.222 e. The molecule has 3 heterocycles. The summed E-state index contributed by atoms with van der Waals surface area (Å²) in [5.41, 5.74) is 1.33. The number of aromatic nitrogens is 2. The molecule has 0 radical (unpaired) electrons. The third kappa shape index (κ3) is 4.36. The highest BCUT2D eigenvalue weighted by molar-refractivity contribution is 5.77. The number of nitrogens with zero attached hydrogens (tertiary/aromatic N) is 4. The molecule has 0 unspecified atom stereocenters. The Balaban J connectivity index is 1.63. The van der Waals surface area contributed by atoms with E-state index in [0.29, 0.717) is 18.9 Å². The standard InChI is InChI=1S/C19H30N4O2/c1-15(2)18-20-10-16(11-21-18)12-22-7-3-5-19(13-22)6-4-17(25)23(14-19)8-9-24/h10-11,15,24H,3-9,12-14H2,1-2H3/t19-/m1/s1. The van der Waals surface area contributed by atoms with Crippen LogP contribution in [0.2, 0.25) is 0 Å². The predicted molar refractivity (Wildman–Crippen MR) is 96.0 cm³/mol. The van der Waals surface area contributed by atoms with E-state index in [0.717, 1.165) is 50.4 Å². The molecule has 1 aromatic rings. The van der Waals surface area contributed by atoms with Gasteiger partial charge in [-0.1, -0.05) is 13.8 Å². The van der Waals surface area contributed by atoms with E-state index in [4.69, 9.17) is 0 Å². The summed E-state index contributed by atoms with van der Waals surface area (Å²) < 4.78 is 0. The van der Waals surface area contributed by atoms with Gasteiger partial charge in [0.25, 0.3) is 0 Å². The van der Waals surface area contributed by atoms with Crippen LogP contribution in [-0.4, -0.2) is 63.6 Å². The van der Waals surface area contributed by atoms with Crippen LogP contribution >= 0.6 is 0 Å². The smallest absolute Gasteiger partial charge is 0.222 e. The summed E-state index contributed by atoms with van der Waals surface area (Å²) in [6.07, 6.45) is 7.80. The van der Waals surface area contributed by atoms with Crippen LogP contribution in [0.5, 0.6) is 0 Å². The van der Waals surface area contributed by atoms with Crippen molar-refractivity contribution >= 4 is 5.91 Å². The van der Waals surface area contributed by atoms with Gasteiger partial charge in [-0.05, 0) is 25.8 Å². The van der Waals surface area contributed by atoms with E-state index in [1.165, 1.54) is 6.42 Å². The molecule has 25 heavy (non-hydrogen) atoms. The number of carbonyl (C=O) groups is 1. The fourth-order valence-corrected chi connectivity index (χ4v) is 4.21. The highest BCUT2D eigenvalue weighted by atomic mass is 16.3. The summed E-state index contributed by atoms with van der Waals surface area (Å²) in [4.78, 5) is 25.3. The van der Waals surface area contributed by atoms with E-state index < -0.39 is 0 Å². The minimum atomic E-state index is 0.0467. The Kier molecular flexibility index (Phi) is 5.69. The minimum absolute atomic E-state index is 0.0467. The van der Waals surface area contributed by atoms with E-state index in [2.05, 4.69) is 28.7 Å². The van der Waals surface area contributed by atoms with Crippen molar-refractivity contribution in [3.05, 3.63) is 23.8 Å². The van der Waals surface area contributed by atoms with Crippen molar-refractivity contribution in [2.24, 2.45) is 5.41 Å². The van der Waals surface area contributed by atoms with Gasteiger partial charge in [-0.25, -0.2) is 9.97 Å². The maximum atomic E-state index is 12.1. The van der Waals surface area contributed by atoms with E-state index in [9.17, 15) is 9.90 Å². The molecular formula is C19H30N4O2. The largest absolute Gasteiger partial charge is 0.395 e. The molecule has 2 aliphatic heterocycles. The van der Waals surface area contributed by atoms with Gasteiger partial charge in [-0.2, -0.15) is 0 Å². The SMILES string of the molecule is CC(C)c1ncc(CN2CCC[C@@]3(CCC(=O)N(CCO)C3)C2)cn1. The van der Waals surface area contributed by atoms with Crippen molar-refractivity contribution in [2.75, 3.05) is 32.8 Å². The molecule has 0 aliphatic carbocycles. The van der Waals surface area contributed by atoms with E-state index in [-0.39, 0.29) is 17.9 Å². The first-order valence-electron chi connectivity index (χ1n) is 9.43. The molecule has 3 rings (SSSR count). The number of aliphatic hydroxyl groups is 1. The number of piperidine rings is 2. The summed E-state index contributed by atoms with van der Waals surface area (Å²) in [6, 6.07) is 0. The zero-order valence-electron chi connectivity index (χ0n) is 15.4. The Hall–Kier alpha value is -1.53. The van der Waals surface area contributed by atoms with Crippen LogP contribution in [0.4, 0.5) is 0 Å². The molecule has 0 saturated carbocycles. The average molecular weight is 346 g/mol. The summed E-state index contributed by atoms with van der Waals surface area (Å²) in [6.45, 7) is 8.46. The number of hydrogen-bond acceptors (Lipinski definition) is 5. The molecular weight excluding hydrogens is 316 g/mol. The molecule has 2 fully saturated rings. The van der Waals surface area contributed by atoms with Crippen molar-refractivity contribution in [2.45, 2.75) is 52.0 Å². The van der Waals surface area contributed by atoms with Crippen molar-refractivity contribution in [3.63, 3.8) is 0 Å². The van der Waals surface area contributed by atoms with Crippen molar-refractivity contribution in [3.8, 4) is 0 Å². The van der Waals surface area contributed by atoms with Crippen LogP contribution in [0, 0.1) is 5.41 Å². The number of likely N-dealkylation sites (tertiary alicyclic amines) is 2. The second-order valence-corrected chi connectivity index (χ2v) is 7.96. The molecule has 1 atom stereocenters. The monoisotopic (exact) mass is 346 g/mol. The van der Waals surface area contributed by atoms with Gasteiger partial charge in [0, 0.05) is 61.9 Å². The second-order valence-electron chi connectivity index (χ2n) is 7.96. The number of carbonyl (C=O) groups excluding carboxylic acids is 1. The third-order valence-electron chi connectivity index (χ3n) is 5.51. The zero-order chi connectivity index (χ0) is 17.9. The molecule has 1 spiro atoms. The molecule has 6 nitrogen and oxygen atoms in total. The van der Waals surface area contributed by atoms with Crippen molar-refractivity contribution in [1.29, 1.82) is 0 Å². The topological polar surface area (TPSA) is 69.6 Å². The molecule has 1 amide bonds. The van der Waals surface area contributed by atoms with Gasteiger partial charge >= 0.3 is 0 Å². The molecule has 6 heteroatoms. The lowest BCUT2D eigenvalue weighted by Crippen LogP contribution is -2.54. The maximum absolute atomic E-state index is 12.1. The number of hydrogen-bond donors (Lipinski definition) is 1. The van der Waals surface area contributed by atoms with Crippen LogP contribution < -0.4 is 0 Å². The normalized spacial score (nSPS) is 25.1. The van der Waals surface area contributed by atoms with Gasteiger partial charge in [-0.3, -0.25) is 9.69 Å². The van der Waals surface area contributed by atoms with E-state index >= 15 is 0 Å². The highest BCUT2D eigenvalue weighted by Gasteiger charge is 2.41. The van der Waals surface area contributed by atoms with Gasteiger partial charge in [-0.15, -0.1) is 0 Å². The van der Waals surface area contributed by atoms with E-state index in [1.807, 2.05) is 17.3 Å². The van der Waals surface area contributed by atoms with Gasteiger partial charge in [0.1, 0.15) is 5.82 Å². The molecule has 138 valence electrons. The first-order chi connectivity index (χ1) is 12.0. The summed E-state index contributed by atoms with van der Waals surface area (Å²) in [5, 5.41) is 9.21. The summed E-state index contributed by atoms with van der Waals surface area (Å²) >= 11 is 0. The first kappa shape index (κ1) is 18.3. The number of amides is 1. The highest BCUT2D eigenvalue weighted by Crippen LogP contribution is 2.39. The Morgan fingerprint density at radius 2 is 2.00 bits per heavy atom.